The van der Waals surface area contributed by atoms with Gasteiger partial charge in [0.2, 0.25) is 0 Å². The molecule has 3 rings (SSSR count). The van der Waals surface area contributed by atoms with Crippen molar-refractivity contribution >= 4 is 5.91 Å². The van der Waals surface area contributed by atoms with Gasteiger partial charge in [0.15, 0.2) is 0 Å². The summed E-state index contributed by atoms with van der Waals surface area (Å²) in [6, 6.07) is 12.8. The third-order valence-electron chi connectivity index (χ3n) is 3.86. The SMILES string of the molecule is CC1CN(C(=O)c2ccc(Oc3ccc(F)cc3)cc2)CC(C)O1. The smallest absolute Gasteiger partial charge is 0.254 e. The van der Waals surface area contributed by atoms with Gasteiger partial charge >= 0.3 is 0 Å². The van der Waals surface area contributed by atoms with Gasteiger partial charge in [-0.3, -0.25) is 4.79 Å². The van der Waals surface area contributed by atoms with Crippen LogP contribution in [0.25, 0.3) is 0 Å². The number of halogens is 1. The van der Waals surface area contributed by atoms with Crippen LogP contribution in [0.4, 0.5) is 4.39 Å². The first kappa shape index (κ1) is 16.5. The average molecular weight is 329 g/mol. The van der Waals surface area contributed by atoms with Gasteiger partial charge in [0.25, 0.3) is 5.91 Å². The third kappa shape index (κ3) is 3.92. The van der Waals surface area contributed by atoms with Crippen molar-refractivity contribution in [2.24, 2.45) is 0 Å². The van der Waals surface area contributed by atoms with Crippen LogP contribution in [-0.4, -0.2) is 36.1 Å². The molecule has 2 atom stereocenters. The number of hydrogen-bond acceptors (Lipinski definition) is 3. The van der Waals surface area contributed by atoms with E-state index < -0.39 is 0 Å². The third-order valence-corrected chi connectivity index (χ3v) is 3.86. The maximum absolute atomic E-state index is 12.9. The van der Waals surface area contributed by atoms with Gasteiger partial charge in [-0.05, 0) is 62.4 Å². The molecule has 0 aliphatic carbocycles. The summed E-state index contributed by atoms with van der Waals surface area (Å²) >= 11 is 0. The molecule has 1 amide bonds. The van der Waals surface area contributed by atoms with E-state index in [1.165, 1.54) is 12.1 Å². The summed E-state index contributed by atoms with van der Waals surface area (Å²) in [6.07, 6.45) is 0.0811. The van der Waals surface area contributed by atoms with Crippen molar-refractivity contribution in [3.63, 3.8) is 0 Å². The van der Waals surface area contributed by atoms with E-state index in [0.29, 0.717) is 30.2 Å². The van der Waals surface area contributed by atoms with E-state index in [2.05, 4.69) is 0 Å². The standard InChI is InChI=1S/C19H20FNO3/c1-13-11-21(12-14(2)23-13)19(22)15-3-7-17(8-4-15)24-18-9-5-16(20)6-10-18/h3-10,13-14H,11-12H2,1-2H3. The number of amides is 1. The Bertz CT molecular complexity index is 690. The second kappa shape index (κ2) is 7.01. The first-order chi connectivity index (χ1) is 11.5. The van der Waals surface area contributed by atoms with E-state index in [-0.39, 0.29) is 23.9 Å². The van der Waals surface area contributed by atoms with Gasteiger partial charge in [0.05, 0.1) is 12.2 Å². The Morgan fingerprint density at radius 1 is 1.00 bits per heavy atom. The van der Waals surface area contributed by atoms with Crippen LogP contribution in [0.3, 0.4) is 0 Å². The molecule has 0 bridgehead atoms. The number of rotatable bonds is 3. The Kier molecular flexibility index (Phi) is 4.81. The first-order valence-corrected chi connectivity index (χ1v) is 7.99. The molecule has 0 saturated carbocycles. The van der Waals surface area contributed by atoms with Crippen molar-refractivity contribution in [3.8, 4) is 11.5 Å². The molecule has 1 saturated heterocycles. The number of nitrogens with zero attached hydrogens (tertiary/aromatic N) is 1. The minimum Gasteiger partial charge on any atom is -0.457 e. The lowest BCUT2D eigenvalue weighted by Gasteiger charge is -2.35. The molecule has 1 aliphatic rings. The number of benzene rings is 2. The largest absolute Gasteiger partial charge is 0.457 e. The highest BCUT2D eigenvalue weighted by Gasteiger charge is 2.26. The van der Waals surface area contributed by atoms with Crippen molar-refractivity contribution in [2.45, 2.75) is 26.1 Å². The van der Waals surface area contributed by atoms with Crippen LogP contribution in [0.5, 0.6) is 11.5 Å². The molecule has 2 unspecified atom stereocenters. The fourth-order valence-corrected chi connectivity index (χ4v) is 2.83. The van der Waals surface area contributed by atoms with E-state index in [1.54, 1.807) is 36.4 Å². The molecule has 2 aromatic rings. The Hall–Kier alpha value is -2.40. The van der Waals surface area contributed by atoms with Crippen molar-refractivity contribution < 1.29 is 18.7 Å². The van der Waals surface area contributed by atoms with Crippen LogP contribution < -0.4 is 4.74 Å². The Morgan fingerprint density at radius 2 is 1.50 bits per heavy atom. The van der Waals surface area contributed by atoms with Crippen LogP contribution in [-0.2, 0) is 4.74 Å². The van der Waals surface area contributed by atoms with Crippen molar-refractivity contribution in [2.75, 3.05) is 13.1 Å². The predicted molar refractivity (Wildman–Crippen MR) is 88.8 cm³/mol. The van der Waals surface area contributed by atoms with Crippen molar-refractivity contribution in [1.29, 1.82) is 0 Å². The molecular weight excluding hydrogens is 309 g/mol. The predicted octanol–water partition coefficient (Wildman–Crippen LogP) is 3.87. The lowest BCUT2D eigenvalue weighted by atomic mass is 10.1. The number of carbonyl (C=O) groups excluding carboxylic acids is 1. The number of carbonyl (C=O) groups is 1. The summed E-state index contributed by atoms with van der Waals surface area (Å²) in [6.45, 7) is 5.12. The van der Waals surface area contributed by atoms with Crippen LogP contribution >= 0.6 is 0 Å². The average Bonchev–Trinajstić information content (AvgIpc) is 2.56. The highest BCUT2D eigenvalue weighted by atomic mass is 19.1. The van der Waals surface area contributed by atoms with E-state index in [4.69, 9.17) is 9.47 Å². The number of hydrogen-bond donors (Lipinski definition) is 0. The van der Waals surface area contributed by atoms with Crippen LogP contribution in [0.1, 0.15) is 24.2 Å². The van der Waals surface area contributed by atoms with Gasteiger partial charge in [-0.15, -0.1) is 0 Å². The molecule has 5 heteroatoms. The van der Waals surface area contributed by atoms with E-state index in [1.807, 2.05) is 18.7 Å². The molecule has 0 aromatic heterocycles. The maximum atomic E-state index is 12.9. The summed E-state index contributed by atoms with van der Waals surface area (Å²) in [7, 11) is 0. The van der Waals surface area contributed by atoms with Crippen LogP contribution in [0.15, 0.2) is 48.5 Å². The zero-order valence-corrected chi connectivity index (χ0v) is 13.7. The lowest BCUT2D eigenvalue weighted by molar-refractivity contribution is -0.0586. The van der Waals surface area contributed by atoms with Gasteiger partial charge in [-0.1, -0.05) is 0 Å². The summed E-state index contributed by atoms with van der Waals surface area (Å²) in [5, 5.41) is 0. The molecular formula is C19H20FNO3. The lowest BCUT2D eigenvalue weighted by Crippen LogP contribution is -2.48. The molecule has 2 aromatic carbocycles. The van der Waals surface area contributed by atoms with Crippen LogP contribution in [0.2, 0.25) is 0 Å². The van der Waals surface area contributed by atoms with E-state index in [9.17, 15) is 9.18 Å². The Morgan fingerprint density at radius 3 is 2.04 bits per heavy atom. The monoisotopic (exact) mass is 329 g/mol. The molecule has 0 N–H and O–H groups in total. The molecule has 24 heavy (non-hydrogen) atoms. The molecule has 1 fully saturated rings. The molecule has 0 radical (unpaired) electrons. The maximum Gasteiger partial charge on any atom is 0.254 e. The highest BCUT2D eigenvalue weighted by Crippen LogP contribution is 2.23. The Labute approximate surface area is 140 Å². The van der Waals surface area contributed by atoms with Crippen molar-refractivity contribution in [1.82, 2.24) is 4.90 Å². The summed E-state index contributed by atoms with van der Waals surface area (Å²) < 4.78 is 24.2. The molecule has 1 heterocycles. The fraction of sp³-hybridized carbons (Fsp3) is 0.316. The zero-order valence-electron chi connectivity index (χ0n) is 13.7. The first-order valence-electron chi connectivity index (χ1n) is 7.99. The number of morpholine rings is 1. The normalized spacial score (nSPS) is 20.7. The minimum absolute atomic E-state index is 0.00895. The summed E-state index contributed by atoms with van der Waals surface area (Å²) in [5.74, 6) is 0.829. The van der Waals surface area contributed by atoms with E-state index >= 15 is 0 Å². The fourth-order valence-electron chi connectivity index (χ4n) is 2.83. The molecule has 126 valence electrons. The minimum atomic E-state index is -0.308. The molecule has 1 aliphatic heterocycles. The Balaban J connectivity index is 1.67. The van der Waals surface area contributed by atoms with Gasteiger partial charge in [-0.25, -0.2) is 4.39 Å². The van der Waals surface area contributed by atoms with E-state index in [0.717, 1.165) is 0 Å². The van der Waals surface area contributed by atoms with Gasteiger partial charge in [-0.2, -0.15) is 0 Å². The van der Waals surface area contributed by atoms with Gasteiger partial charge in [0, 0.05) is 18.7 Å². The van der Waals surface area contributed by atoms with Gasteiger partial charge < -0.3 is 14.4 Å². The van der Waals surface area contributed by atoms with Crippen molar-refractivity contribution in [3.05, 3.63) is 59.9 Å². The molecule has 0 spiro atoms. The summed E-state index contributed by atoms with van der Waals surface area (Å²) in [4.78, 5) is 14.4. The molecule has 4 nitrogen and oxygen atoms in total. The second-order valence-electron chi connectivity index (χ2n) is 6.05. The quantitative estimate of drug-likeness (QED) is 0.858. The number of ether oxygens (including phenoxy) is 2. The van der Waals surface area contributed by atoms with Gasteiger partial charge in [0.1, 0.15) is 17.3 Å². The highest BCUT2D eigenvalue weighted by molar-refractivity contribution is 5.94. The zero-order chi connectivity index (χ0) is 17.1. The topological polar surface area (TPSA) is 38.8 Å². The second-order valence-corrected chi connectivity index (χ2v) is 6.05. The van der Waals surface area contributed by atoms with Crippen LogP contribution in [0, 0.1) is 5.82 Å². The summed E-state index contributed by atoms with van der Waals surface area (Å²) in [5.41, 5.74) is 0.614.